The Hall–Kier alpha value is -1.84. The zero-order valence-corrected chi connectivity index (χ0v) is 20.3. The molecule has 8 nitrogen and oxygen atoms in total. The Morgan fingerprint density at radius 2 is 2.00 bits per heavy atom. The lowest BCUT2D eigenvalue weighted by Crippen LogP contribution is -2.65. The molecule has 3 unspecified atom stereocenters. The highest BCUT2D eigenvalue weighted by Gasteiger charge is 2.45. The molecule has 32 heavy (non-hydrogen) atoms. The van der Waals surface area contributed by atoms with E-state index >= 15 is 0 Å². The molecular weight excluding hydrogens is 432 g/mol. The predicted octanol–water partition coefficient (Wildman–Crippen LogP) is 2.53. The summed E-state index contributed by atoms with van der Waals surface area (Å²) < 4.78 is 5.40. The van der Waals surface area contributed by atoms with E-state index in [1.807, 2.05) is 27.7 Å². The van der Waals surface area contributed by atoms with Gasteiger partial charge in [-0.3, -0.25) is 14.5 Å². The fraction of sp³-hybridized carbons (Fsp3) is 0.696. The van der Waals surface area contributed by atoms with Crippen molar-refractivity contribution in [1.82, 2.24) is 9.80 Å². The first kappa shape index (κ1) is 24.8. The molecule has 1 amide bonds. The summed E-state index contributed by atoms with van der Waals surface area (Å²) in [7, 11) is 0. The van der Waals surface area contributed by atoms with Crippen LogP contribution in [0.25, 0.3) is 0 Å². The molecule has 0 radical (unpaired) electrons. The topological polar surface area (TPSA) is 107 Å². The van der Waals surface area contributed by atoms with Crippen molar-refractivity contribution < 1.29 is 29.3 Å². The second-order valence-electron chi connectivity index (χ2n) is 10.0. The van der Waals surface area contributed by atoms with E-state index in [4.69, 9.17) is 4.74 Å². The number of ether oxygens (including phenoxy) is 1. The van der Waals surface area contributed by atoms with Gasteiger partial charge < -0.3 is 19.8 Å². The summed E-state index contributed by atoms with van der Waals surface area (Å²) in [4.78, 5) is 39.9. The molecule has 0 bridgehead atoms. The first-order chi connectivity index (χ1) is 14.9. The van der Waals surface area contributed by atoms with Crippen LogP contribution in [-0.4, -0.2) is 87.2 Å². The molecule has 3 rings (SSSR count). The molecule has 0 aromatic carbocycles. The summed E-state index contributed by atoms with van der Waals surface area (Å²) in [5.74, 6) is -0.206. The van der Waals surface area contributed by atoms with Crippen LogP contribution >= 0.6 is 11.8 Å². The number of hydrogen-bond donors (Lipinski definition) is 2. The molecule has 0 saturated carbocycles. The molecule has 0 aromatic rings. The van der Waals surface area contributed by atoms with E-state index in [1.165, 1.54) is 11.8 Å². The number of thioether (sulfide) groups is 1. The number of fused-ring (bicyclic) bond motifs is 1. The Morgan fingerprint density at radius 1 is 1.31 bits per heavy atom. The maximum absolute atomic E-state index is 12.9. The van der Waals surface area contributed by atoms with Crippen molar-refractivity contribution in [3.05, 3.63) is 23.0 Å². The molecule has 3 aliphatic rings. The van der Waals surface area contributed by atoms with Crippen LogP contribution in [0.15, 0.2) is 23.0 Å². The highest BCUT2D eigenvalue weighted by atomic mass is 32.2. The predicted molar refractivity (Wildman–Crippen MR) is 122 cm³/mol. The maximum atomic E-state index is 12.9. The zero-order chi connectivity index (χ0) is 23.8. The number of piperazine rings is 1. The molecule has 2 heterocycles. The molecule has 0 spiro atoms. The SMILES string of the molecule is CC(=O)SCC1CN(C(=O)O)CC(C(C)(C)C)N1C[C@H](O)C1C(=O)CC2=COCC2=C1C. The Bertz CT molecular complexity index is 846. The quantitative estimate of drug-likeness (QED) is 0.637. The fourth-order valence-electron chi connectivity index (χ4n) is 5.02. The van der Waals surface area contributed by atoms with Gasteiger partial charge in [-0.05, 0) is 17.9 Å². The average molecular weight is 467 g/mol. The summed E-state index contributed by atoms with van der Waals surface area (Å²) >= 11 is 1.16. The Kier molecular flexibility index (Phi) is 7.41. The fourth-order valence-corrected chi connectivity index (χ4v) is 5.75. The second-order valence-corrected chi connectivity index (χ2v) is 11.2. The van der Waals surface area contributed by atoms with Crippen LogP contribution in [0, 0.1) is 11.3 Å². The van der Waals surface area contributed by atoms with E-state index in [0.717, 1.165) is 28.5 Å². The number of carboxylic acid groups (broad SMARTS) is 1. The third-order valence-electron chi connectivity index (χ3n) is 6.72. The molecule has 178 valence electrons. The molecule has 1 fully saturated rings. The van der Waals surface area contributed by atoms with E-state index in [0.29, 0.717) is 18.9 Å². The number of aliphatic hydroxyl groups excluding tert-OH is 1. The Balaban J connectivity index is 1.89. The summed E-state index contributed by atoms with van der Waals surface area (Å²) in [5.41, 5.74) is 2.48. The number of Topliss-reactive ketones (excluding diaryl/α,β-unsaturated/α-hetero) is 1. The van der Waals surface area contributed by atoms with Gasteiger partial charge in [-0.15, -0.1) is 0 Å². The number of hydrogen-bond acceptors (Lipinski definition) is 7. The van der Waals surface area contributed by atoms with Gasteiger partial charge in [0, 0.05) is 56.4 Å². The standard InChI is InChI=1S/C23H34N2O6S/c1-13-17-11-31-10-15(17)6-18(27)21(13)19(28)8-25-16(12-32-14(2)26)7-24(22(29)30)9-20(25)23(3,4)5/h10,16,19-21,28H,6-9,11-12H2,1-5H3,(H,29,30)/t16?,19-,20?,21?/m0/s1. The van der Waals surface area contributed by atoms with E-state index < -0.39 is 18.1 Å². The van der Waals surface area contributed by atoms with Gasteiger partial charge in [0.05, 0.1) is 18.3 Å². The smallest absolute Gasteiger partial charge is 0.407 e. The van der Waals surface area contributed by atoms with Crippen LogP contribution in [0.1, 0.15) is 41.0 Å². The minimum absolute atomic E-state index is 0.0263. The normalized spacial score (nSPS) is 27.7. The van der Waals surface area contributed by atoms with Crippen molar-refractivity contribution in [3.8, 4) is 0 Å². The average Bonchev–Trinajstić information content (AvgIpc) is 3.14. The van der Waals surface area contributed by atoms with E-state index in [2.05, 4.69) is 4.90 Å². The minimum atomic E-state index is -0.985. The monoisotopic (exact) mass is 466 g/mol. The number of rotatable bonds is 5. The minimum Gasteiger partial charge on any atom is -0.496 e. The maximum Gasteiger partial charge on any atom is 0.407 e. The zero-order valence-electron chi connectivity index (χ0n) is 19.5. The van der Waals surface area contributed by atoms with Crippen LogP contribution in [0.3, 0.4) is 0 Å². The number of amides is 1. The molecule has 0 aromatic heterocycles. The summed E-state index contributed by atoms with van der Waals surface area (Å²) in [6, 6.07) is -0.416. The Morgan fingerprint density at radius 3 is 2.59 bits per heavy atom. The van der Waals surface area contributed by atoms with E-state index in [9.17, 15) is 24.6 Å². The van der Waals surface area contributed by atoms with Crippen LogP contribution in [-0.2, 0) is 14.3 Å². The second kappa shape index (κ2) is 9.57. The highest BCUT2D eigenvalue weighted by molar-refractivity contribution is 8.13. The lowest BCUT2D eigenvalue weighted by Gasteiger charge is -2.51. The van der Waals surface area contributed by atoms with Crippen molar-refractivity contribution in [2.45, 2.75) is 59.2 Å². The van der Waals surface area contributed by atoms with Crippen LogP contribution in [0.5, 0.6) is 0 Å². The van der Waals surface area contributed by atoms with Gasteiger partial charge in [0.25, 0.3) is 0 Å². The van der Waals surface area contributed by atoms with Gasteiger partial charge in [0.15, 0.2) is 5.12 Å². The molecule has 2 N–H and O–H groups in total. The molecule has 1 saturated heterocycles. The van der Waals surface area contributed by atoms with Crippen molar-refractivity contribution in [3.63, 3.8) is 0 Å². The van der Waals surface area contributed by atoms with Crippen molar-refractivity contribution in [2.75, 3.05) is 32.0 Å². The number of aliphatic hydroxyl groups is 1. The van der Waals surface area contributed by atoms with Gasteiger partial charge in [0.1, 0.15) is 12.4 Å². The van der Waals surface area contributed by atoms with E-state index in [1.54, 1.807) is 6.26 Å². The third-order valence-corrected chi connectivity index (χ3v) is 7.68. The first-order valence-corrected chi connectivity index (χ1v) is 12.0. The number of carbonyl (C=O) groups excluding carboxylic acids is 2. The van der Waals surface area contributed by atoms with Gasteiger partial charge in [0.2, 0.25) is 0 Å². The summed E-state index contributed by atoms with van der Waals surface area (Å²) in [5, 5.41) is 20.9. The van der Waals surface area contributed by atoms with E-state index in [-0.39, 0.29) is 47.9 Å². The van der Waals surface area contributed by atoms with Gasteiger partial charge >= 0.3 is 6.09 Å². The van der Waals surface area contributed by atoms with Crippen LogP contribution in [0.4, 0.5) is 4.79 Å². The van der Waals surface area contributed by atoms with Crippen LogP contribution < -0.4 is 0 Å². The molecule has 2 aliphatic heterocycles. The number of carbonyl (C=O) groups is 3. The summed E-state index contributed by atoms with van der Waals surface area (Å²) in [6.07, 6.45) is -0.0214. The van der Waals surface area contributed by atoms with Crippen molar-refractivity contribution in [1.29, 1.82) is 0 Å². The number of β-amino-alcohol motifs (C(OH)–C–C–N with tert-alkyl or cyclic N) is 1. The molecule has 1 aliphatic carbocycles. The lowest BCUT2D eigenvalue weighted by atomic mass is 9.77. The Labute approximate surface area is 193 Å². The highest BCUT2D eigenvalue weighted by Crippen LogP contribution is 2.38. The van der Waals surface area contributed by atoms with Gasteiger partial charge in [-0.25, -0.2) is 4.79 Å². The largest absolute Gasteiger partial charge is 0.496 e. The van der Waals surface area contributed by atoms with Crippen molar-refractivity contribution in [2.24, 2.45) is 11.3 Å². The van der Waals surface area contributed by atoms with Gasteiger partial charge in [-0.1, -0.05) is 38.1 Å². The summed E-state index contributed by atoms with van der Waals surface area (Å²) in [6.45, 7) is 10.7. The molecule has 9 heteroatoms. The molecular formula is C23H34N2O6S. The number of nitrogens with zero attached hydrogens (tertiary/aromatic N) is 2. The third kappa shape index (κ3) is 5.21. The van der Waals surface area contributed by atoms with Crippen molar-refractivity contribution >= 4 is 28.8 Å². The van der Waals surface area contributed by atoms with Crippen LogP contribution in [0.2, 0.25) is 0 Å². The molecule has 4 atom stereocenters. The number of ketones is 1. The lowest BCUT2D eigenvalue weighted by molar-refractivity contribution is -0.125. The van der Waals surface area contributed by atoms with Gasteiger partial charge in [-0.2, -0.15) is 0 Å². The first-order valence-electron chi connectivity index (χ1n) is 11.0.